The maximum atomic E-state index is 10.5. The largest absolute Gasteiger partial charge is 0.481 e. The summed E-state index contributed by atoms with van der Waals surface area (Å²) in [6.07, 6.45) is 1.81. The zero-order chi connectivity index (χ0) is 13.0. The predicted octanol–water partition coefficient (Wildman–Crippen LogP) is 3.14. The second-order valence-electron chi connectivity index (χ2n) is 4.14. The monoisotopic (exact) mass is 264 g/mol. The number of nitrogens with zero attached hydrogens (tertiary/aromatic N) is 1. The number of hydrogen-bond donors (Lipinski definition) is 2. The van der Waals surface area contributed by atoms with Gasteiger partial charge in [-0.05, 0) is 30.5 Å². The molecule has 1 aromatic heterocycles. The maximum absolute atomic E-state index is 10.5. The van der Waals surface area contributed by atoms with Gasteiger partial charge in [0.15, 0.2) is 5.13 Å². The summed E-state index contributed by atoms with van der Waals surface area (Å²) in [7, 11) is 0. The van der Waals surface area contributed by atoms with Crippen molar-refractivity contribution >= 4 is 32.7 Å². The Balaban J connectivity index is 2.14. The van der Waals surface area contributed by atoms with Crippen LogP contribution in [-0.2, 0) is 11.2 Å². The van der Waals surface area contributed by atoms with Crippen LogP contribution in [0.15, 0.2) is 18.2 Å². The van der Waals surface area contributed by atoms with Crippen molar-refractivity contribution in [2.24, 2.45) is 0 Å². The first-order valence-corrected chi connectivity index (χ1v) is 6.86. The highest BCUT2D eigenvalue weighted by Gasteiger charge is 2.05. The molecule has 0 fully saturated rings. The van der Waals surface area contributed by atoms with Crippen molar-refractivity contribution in [1.29, 1.82) is 0 Å². The van der Waals surface area contributed by atoms with Crippen molar-refractivity contribution in [1.82, 2.24) is 4.98 Å². The van der Waals surface area contributed by atoms with Crippen LogP contribution in [0.25, 0.3) is 10.2 Å². The number of nitrogens with one attached hydrogen (secondary N) is 1. The topological polar surface area (TPSA) is 62.2 Å². The minimum absolute atomic E-state index is 0.172. The predicted molar refractivity (Wildman–Crippen MR) is 74.4 cm³/mol. The van der Waals surface area contributed by atoms with E-state index in [1.807, 2.05) is 18.2 Å². The quantitative estimate of drug-likeness (QED) is 0.841. The Labute approximate surface area is 110 Å². The fourth-order valence-corrected chi connectivity index (χ4v) is 2.64. The van der Waals surface area contributed by atoms with Crippen molar-refractivity contribution < 1.29 is 9.90 Å². The van der Waals surface area contributed by atoms with Gasteiger partial charge in [0.25, 0.3) is 0 Å². The number of aliphatic carboxylic acids is 1. The van der Waals surface area contributed by atoms with Gasteiger partial charge in [-0.1, -0.05) is 24.3 Å². The molecule has 0 bridgehead atoms. The number of anilines is 1. The van der Waals surface area contributed by atoms with Crippen LogP contribution in [0.2, 0.25) is 0 Å². The molecular weight excluding hydrogens is 248 g/mol. The lowest BCUT2D eigenvalue weighted by atomic mass is 10.1. The zero-order valence-corrected chi connectivity index (χ0v) is 11.1. The lowest BCUT2D eigenvalue weighted by Gasteiger charge is -1.97. The lowest BCUT2D eigenvalue weighted by Crippen LogP contribution is -1.98. The van der Waals surface area contributed by atoms with E-state index >= 15 is 0 Å². The molecule has 2 N–H and O–H groups in total. The van der Waals surface area contributed by atoms with E-state index in [0.29, 0.717) is 6.42 Å². The van der Waals surface area contributed by atoms with Gasteiger partial charge in [-0.15, -0.1) is 0 Å². The first-order chi connectivity index (χ1) is 8.69. The summed E-state index contributed by atoms with van der Waals surface area (Å²) >= 11 is 1.62. The molecule has 0 radical (unpaired) electrons. The van der Waals surface area contributed by atoms with E-state index in [4.69, 9.17) is 5.11 Å². The van der Waals surface area contributed by atoms with E-state index in [1.165, 1.54) is 0 Å². The number of rotatable bonds is 6. The maximum Gasteiger partial charge on any atom is 0.303 e. The standard InChI is InChI=1S/C13H16N2O2S/c1-2-7-14-13-15-10-5-3-9(4-6-12(16)17)8-11(10)18-13/h3,5,8H,2,4,6-7H2,1H3,(H,14,15)(H,16,17). The molecule has 1 aromatic carbocycles. The molecule has 0 unspecified atom stereocenters. The minimum atomic E-state index is -0.760. The Kier molecular flexibility index (Phi) is 4.15. The van der Waals surface area contributed by atoms with Crippen LogP contribution in [0.4, 0.5) is 5.13 Å². The molecule has 0 aliphatic carbocycles. The van der Waals surface area contributed by atoms with Crippen LogP contribution in [-0.4, -0.2) is 22.6 Å². The molecular formula is C13H16N2O2S. The summed E-state index contributed by atoms with van der Waals surface area (Å²) in [5.74, 6) is -0.760. The van der Waals surface area contributed by atoms with E-state index in [1.54, 1.807) is 11.3 Å². The Hall–Kier alpha value is -1.62. The van der Waals surface area contributed by atoms with E-state index < -0.39 is 5.97 Å². The first-order valence-electron chi connectivity index (χ1n) is 6.04. The highest BCUT2D eigenvalue weighted by molar-refractivity contribution is 7.22. The van der Waals surface area contributed by atoms with Crippen LogP contribution >= 0.6 is 11.3 Å². The fourth-order valence-electron chi connectivity index (χ4n) is 1.68. The number of aryl methyl sites for hydroxylation is 1. The van der Waals surface area contributed by atoms with Gasteiger partial charge >= 0.3 is 5.97 Å². The van der Waals surface area contributed by atoms with Crippen molar-refractivity contribution in [3.05, 3.63) is 23.8 Å². The third kappa shape index (κ3) is 3.20. The molecule has 0 aliphatic heterocycles. The van der Waals surface area contributed by atoms with Crippen molar-refractivity contribution in [2.45, 2.75) is 26.2 Å². The molecule has 18 heavy (non-hydrogen) atoms. The average molecular weight is 264 g/mol. The van der Waals surface area contributed by atoms with Gasteiger partial charge in [-0.2, -0.15) is 0 Å². The molecule has 96 valence electrons. The molecule has 0 saturated heterocycles. The Bertz CT molecular complexity index is 551. The molecule has 0 amide bonds. The molecule has 2 aromatic rings. The Morgan fingerprint density at radius 3 is 3.06 bits per heavy atom. The molecule has 0 spiro atoms. The zero-order valence-electron chi connectivity index (χ0n) is 10.3. The summed E-state index contributed by atoms with van der Waals surface area (Å²) in [6, 6.07) is 5.95. The third-order valence-electron chi connectivity index (χ3n) is 2.61. The Morgan fingerprint density at radius 1 is 1.50 bits per heavy atom. The first kappa shape index (κ1) is 12.8. The second kappa shape index (κ2) is 5.82. The van der Waals surface area contributed by atoms with E-state index in [-0.39, 0.29) is 6.42 Å². The van der Waals surface area contributed by atoms with Gasteiger partial charge < -0.3 is 10.4 Å². The van der Waals surface area contributed by atoms with Gasteiger partial charge in [0.2, 0.25) is 0 Å². The molecule has 0 atom stereocenters. The van der Waals surface area contributed by atoms with Crippen LogP contribution in [0.1, 0.15) is 25.3 Å². The normalized spacial score (nSPS) is 10.7. The number of hydrogen-bond acceptors (Lipinski definition) is 4. The number of fused-ring (bicyclic) bond motifs is 1. The smallest absolute Gasteiger partial charge is 0.303 e. The average Bonchev–Trinajstić information content (AvgIpc) is 2.75. The van der Waals surface area contributed by atoms with Crippen LogP contribution in [0, 0.1) is 0 Å². The van der Waals surface area contributed by atoms with Crippen molar-refractivity contribution in [2.75, 3.05) is 11.9 Å². The summed E-state index contributed by atoms with van der Waals surface area (Å²) in [5.41, 5.74) is 2.02. The summed E-state index contributed by atoms with van der Waals surface area (Å²) < 4.78 is 1.11. The number of carboxylic acids is 1. The van der Waals surface area contributed by atoms with E-state index in [0.717, 1.165) is 33.9 Å². The summed E-state index contributed by atoms with van der Waals surface area (Å²) in [4.78, 5) is 15.0. The number of benzene rings is 1. The van der Waals surface area contributed by atoms with Crippen molar-refractivity contribution in [3.8, 4) is 0 Å². The second-order valence-corrected chi connectivity index (χ2v) is 5.17. The number of carbonyl (C=O) groups is 1. The fraction of sp³-hybridized carbons (Fsp3) is 0.385. The van der Waals surface area contributed by atoms with Gasteiger partial charge in [0.05, 0.1) is 10.2 Å². The van der Waals surface area contributed by atoms with Gasteiger partial charge in [0, 0.05) is 13.0 Å². The summed E-state index contributed by atoms with van der Waals surface area (Å²) in [5, 5.41) is 12.9. The van der Waals surface area contributed by atoms with Crippen molar-refractivity contribution in [3.63, 3.8) is 0 Å². The minimum Gasteiger partial charge on any atom is -0.481 e. The number of aromatic nitrogens is 1. The number of carboxylic acid groups (broad SMARTS) is 1. The molecule has 4 nitrogen and oxygen atoms in total. The van der Waals surface area contributed by atoms with Crippen LogP contribution < -0.4 is 5.32 Å². The van der Waals surface area contributed by atoms with E-state index in [2.05, 4.69) is 17.2 Å². The SMILES string of the molecule is CCCNc1nc2ccc(CCC(=O)O)cc2s1. The van der Waals surface area contributed by atoms with Gasteiger partial charge in [0.1, 0.15) is 0 Å². The van der Waals surface area contributed by atoms with Gasteiger partial charge in [-0.3, -0.25) is 4.79 Å². The summed E-state index contributed by atoms with van der Waals surface area (Å²) in [6.45, 7) is 3.04. The molecule has 5 heteroatoms. The van der Waals surface area contributed by atoms with Crippen LogP contribution in [0.5, 0.6) is 0 Å². The molecule has 1 heterocycles. The van der Waals surface area contributed by atoms with E-state index in [9.17, 15) is 4.79 Å². The molecule has 2 rings (SSSR count). The molecule has 0 saturated carbocycles. The third-order valence-corrected chi connectivity index (χ3v) is 3.58. The van der Waals surface area contributed by atoms with Gasteiger partial charge in [-0.25, -0.2) is 4.98 Å². The lowest BCUT2D eigenvalue weighted by molar-refractivity contribution is -0.136. The molecule has 0 aliphatic rings. The highest BCUT2D eigenvalue weighted by Crippen LogP contribution is 2.27. The van der Waals surface area contributed by atoms with Crippen LogP contribution in [0.3, 0.4) is 0 Å². The highest BCUT2D eigenvalue weighted by atomic mass is 32.1. The number of thiazole rings is 1. The Morgan fingerprint density at radius 2 is 2.33 bits per heavy atom.